The third kappa shape index (κ3) is 6.31. The molecular formula is C22H23Cl2N5O6. The minimum atomic E-state index is -0.929. The highest BCUT2D eigenvalue weighted by molar-refractivity contribution is 6.37. The highest BCUT2D eigenvalue weighted by Gasteiger charge is 2.20. The number of nitrogens with zero attached hydrogens (tertiary/aromatic N) is 2. The Labute approximate surface area is 209 Å². The number of halogens is 2. The molecule has 3 N–H and O–H groups in total. The molecule has 1 amide bonds. The lowest BCUT2D eigenvalue weighted by molar-refractivity contribution is 0.0634. The number of hydrogen-bond acceptors (Lipinski definition) is 7. The molecule has 0 radical (unpaired) electrons. The van der Waals surface area contributed by atoms with Gasteiger partial charge in [0.05, 0.1) is 15.7 Å². The van der Waals surface area contributed by atoms with Gasteiger partial charge in [-0.2, -0.15) is 4.68 Å². The molecule has 2 aromatic heterocycles. The summed E-state index contributed by atoms with van der Waals surface area (Å²) in [6.07, 6.45) is 0.444. The van der Waals surface area contributed by atoms with Crippen LogP contribution >= 0.6 is 23.2 Å². The van der Waals surface area contributed by atoms with Crippen LogP contribution in [-0.4, -0.2) is 31.4 Å². The van der Waals surface area contributed by atoms with Gasteiger partial charge in [0.2, 0.25) is 5.82 Å². The van der Waals surface area contributed by atoms with Crippen LogP contribution in [0.1, 0.15) is 46.1 Å². The summed E-state index contributed by atoms with van der Waals surface area (Å²) in [5.74, 6) is -0.144. The highest BCUT2D eigenvalue weighted by atomic mass is 35.5. The van der Waals surface area contributed by atoms with Gasteiger partial charge in [0.1, 0.15) is 11.4 Å². The van der Waals surface area contributed by atoms with Gasteiger partial charge in [0.25, 0.3) is 11.1 Å². The van der Waals surface area contributed by atoms with Crippen LogP contribution in [0.25, 0.3) is 5.69 Å². The van der Waals surface area contributed by atoms with Crippen molar-refractivity contribution in [2.75, 3.05) is 5.32 Å². The van der Waals surface area contributed by atoms with Crippen LogP contribution in [0.15, 0.2) is 38.8 Å². The number of aromatic amines is 2. The first-order chi connectivity index (χ1) is 16.2. The van der Waals surface area contributed by atoms with E-state index in [1.807, 2.05) is 13.8 Å². The average molecular weight is 524 g/mol. The van der Waals surface area contributed by atoms with Crippen molar-refractivity contribution in [3.8, 4) is 17.2 Å². The number of rotatable bonds is 5. The molecule has 3 aromatic rings. The molecule has 0 bridgehead atoms. The first-order valence-electron chi connectivity index (χ1n) is 10.4. The maximum absolute atomic E-state index is 12.4. The van der Waals surface area contributed by atoms with Crippen LogP contribution in [-0.2, 0) is 4.74 Å². The number of nitrogens with one attached hydrogen (secondary N) is 3. The maximum Gasteiger partial charge on any atom is 0.413 e. The quantitative estimate of drug-likeness (QED) is 0.454. The third-order valence-corrected chi connectivity index (χ3v) is 4.98. The zero-order valence-electron chi connectivity index (χ0n) is 19.5. The SMILES string of the molecule is CC(C)c1cc(Oc2c(Cl)cc(-n3nc(NC(=O)OC(C)(C)C)c(=O)[nH]c3=O)cc2Cl)c[nH]c1=O. The van der Waals surface area contributed by atoms with E-state index in [4.69, 9.17) is 32.7 Å². The van der Waals surface area contributed by atoms with Crippen molar-refractivity contribution in [2.45, 2.75) is 46.1 Å². The lowest BCUT2D eigenvalue weighted by Crippen LogP contribution is -2.36. The van der Waals surface area contributed by atoms with E-state index in [-0.39, 0.29) is 33.0 Å². The van der Waals surface area contributed by atoms with Crippen molar-refractivity contribution < 1.29 is 14.3 Å². The van der Waals surface area contributed by atoms with Gasteiger partial charge in [0, 0.05) is 11.8 Å². The van der Waals surface area contributed by atoms with E-state index in [9.17, 15) is 19.2 Å². The van der Waals surface area contributed by atoms with Crippen LogP contribution in [0.2, 0.25) is 10.0 Å². The smallest absolute Gasteiger partial charge is 0.413 e. The summed E-state index contributed by atoms with van der Waals surface area (Å²) >= 11 is 12.7. The molecule has 35 heavy (non-hydrogen) atoms. The zero-order chi connectivity index (χ0) is 26.1. The third-order valence-electron chi connectivity index (χ3n) is 4.42. The lowest BCUT2D eigenvalue weighted by atomic mass is 10.1. The molecule has 3 rings (SSSR count). The molecule has 0 saturated carbocycles. The maximum atomic E-state index is 12.4. The summed E-state index contributed by atoms with van der Waals surface area (Å²) in [5.41, 5.74) is -2.27. The van der Waals surface area contributed by atoms with Gasteiger partial charge in [-0.3, -0.25) is 19.9 Å². The molecule has 0 unspecified atom stereocenters. The topological polar surface area (TPSA) is 148 Å². The Morgan fingerprint density at radius 1 is 1.09 bits per heavy atom. The Bertz CT molecular complexity index is 1430. The van der Waals surface area contributed by atoms with E-state index >= 15 is 0 Å². The Hall–Kier alpha value is -3.57. The van der Waals surface area contributed by atoms with Gasteiger partial charge in [-0.25, -0.2) is 9.59 Å². The Morgan fingerprint density at radius 2 is 1.71 bits per heavy atom. The molecule has 2 heterocycles. The first kappa shape index (κ1) is 26.0. The number of anilines is 1. The van der Waals surface area contributed by atoms with Gasteiger partial charge in [-0.1, -0.05) is 37.0 Å². The molecule has 0 aliphatic carbocycles. The molecule has 0 atom stereocenters. The molecule has 0 saturated heterocycles. The number of aromatic nitrogens is 4. The van der Waals surface area contributed by atoms with Crippen LogP contribution in [0.5, 0.6) is 11.5 Å². The molecule has 0 spiro atoms. The number of amides is 1. The fourth-order valence-corrected chi connectivity index (χ4v) is 3.46. The van der Waals surface area contributed by atoms with Crippen molar-refractivity contribution in [1.29, 1.82) is 0 Å². The number of ether oxygens (including phenoxy) is 2. The minimum Gasteiger partial charge on any atom is -0.453 e. The molecule has 11 nitrogen and oxygen atoms in total. The van der Waals surface area contributed by atoms with Crippen molar-refractivity contribution in [3.05, 3.63) is 71.2 Å². The van der Waals surface area contributed by atoms with Crippen LogP contribution in [0, 0.1) is 0 Å². The lowest BCUT2D eigenvalue weighted by Gasteiger charge is -2.19. The molecule has 186 valence electrons. The van der Waals surface area contributed by atoms with Crippen molar-refractivity contribution in [2.24, 2.45) is 0 Å². The summed E-state index contributed by atoms with van der Waals surface area (Å²) in [6, 6.07) is 4.25. The molecular weight excluding hydrogens is 501 g/mol. The zero-order valence-corrected chi connectivity index (χ0v) is 21.0. The summed E-state index contributed by atoms with van der Waals surface area (Å²) < 4.78 is 11.7. The fraction of sp³-hybridized carbons (Fsp3) is 0.318. The molecule has 0 aliphatic rings. The van der Waals surface area contributed by atoms with Gasteiger partial charge < -0.3 is 14.5 Å². The number of carbonyl (C=O) groups excluding carboxylic acids is 1. The van der Waals surface area contributed by atoms with E-state index in [1.54, 1.807) is 26.8 Å². The number of benzene rings is 1. The number of pyridine rings is 1. The summed E-state index contributed by atoms with van der Waals surface area (Å²) in [5, 5.41) is 6.14. The number of H-pyrrole nitrogens is 2. The second-order valence-corrected chi connectivity index (χ2v) is 9.58. The van der Waals surface area contributed by atoms with Gasteiger partial charge in [-0.15, -0.1) is 5.10 Å². The van der Waals surface area contributed by atoms with Crippen LogP contribution < -0.4 is 26.9 Å². The average Bonchev–Trinajstić information content (AvgIpc) is 2.72. The fourth-order valence-electron chi connectivity index (χ4n) is 2.91. The van der Waals surface area contributed by atoms with Crippen molar-refractivity contribution in [1.82, 2.24) is 19.7 Å². The molecule has 0 aliphatic heterocycles. The first-order valence-corrected chi connectivity index (χ1v) is 11.1. The van der Waals surface area contributed by atoms with E-state index in [2.05, 4.69) is 20.4 Å². The van der Waals surface area contributed by atoms with E-state index in [0.717, 1.165) is 4.68 Å². The largest absolute Gasteiger partial charge is 0.453 e. The Kier molecular flexibility index (Phi) is 7.41. The predicted octanol–water partition coefficient (Wildman–Crippen LogP) is 4.18. The summed E-state index contributed by atoms with van der Waals surface area (Å²) in [7, 11) is 0. The molecule has 0 fully saturated rings. The van der Waals surface area contributed by atoms with Crippen LogP contribution in [0.3, 0.4) is 0 Å². The minimum absolute atomic E-state index is 0.0198. The Balaban J connectivity index is 1.97. The second kappa shape index (κ2) is 9.96. The molecule has 13 heteroatoms. The molecule has 1 aromatic carbocycles. The van der Waals surface area contributed by atoms with E-state index in [0.29, 0.717) is 11.3 Å². The van der Waals surface area contributed by atoms with Gasteiger partial charge >= 0.3 is 11.8 Å². The number of hydrogen-bond donors (Lipinski definition) is 3. The van der Waals surface area contributed by atoms with Gasteiger partial charge in [-0.05, 0) is 44.9 Å². The predicted molar refractivity (Wildman–Crippen MR) is 132 cm³/mol. The normalized spacial score (nSPS) is 11.4. The van der Waals surface area contributed by atoms with Crippen molar-refractivity contribution >= 4 is 35.1 Å². The van der Waals surface area contributed by atoms with Crippen molar-refractivity contribution in [3.63, 3.8) is 0 Å². The summed E-state index contributed by atoms with van der Waals surface area (Å²) in [4.78, 5) is 53.1. The monoisotopic (exact) mass is 523 g/mol. The van der Waals surface area contributed by atoms with E-state index < -0.39 is 28.8 Å². The second-order valence-electron chi connectivity index (χ2n) is 8.76. The van der Waals surface area contributed by atoms with Crippen LogP contribution in [0.4, 0.5) is 10.6 Å². The summed E-state index contributed by atoms with van der Waals surface area (Å²) in [6.45, 7) is 8.68. The highest BCUT2D eigenvalue weighted by Crippen LogP contribution is 2.38. The van der Waals surface area contributed by atoms with E-state index in [1.165, 1.54) is 18.3 Å². The number of carbonyl (C=O) groups is 1. The Morgan fingerprint density at radius 3 is 2.29 bits per heavy atom. The van der Waals surface area contributed by atoms with Gasteiger partial charge in [0.15, 0.2) is 5.75 Å². The standard InChI is InChI=1S/C22H23Cl2N5O6/c1-10(2)13-8-12(9-25-18(13)30)34-16-14(23)6-11(7-15(16)24)29-20(32)27-19(31)17(28-29)26-21(33)35-22(3,4)5/h6-10H,1-5H3,(H,25,30)(H,26,28,33)(H,27,31,32).